The van der Waals surface area contributed by atoms with Gasteiger partial charge in [-0.25, -0.2) is 4.79 Å². The summed E-state index contributed by atoms with van der Waals surface area (Å²) < 4.78 is 11.1. The summed E-state index contributed by atoms with van der Waals surface area (Å²) in [6.07, 6.45) is 1.46. The molecule has 5 aromatic rings. The van der Waals surface area contributed by atoms with Crippen LogP contribution in [0.15, 0.2) is 109 Å². The van der Waals surface area contributed by atoms with E-state index in [1.807, 2.05) is 72.8 Å². The average molecular weight is 499 g/mol. The maximum absolute atomic E-state index is 13.0. The van der Waals surface area contributed by atoms with Crippen LogP contribution in [0.4, 0.5) is 5.69 Å². The van der Waals surface area contributed by atoms with E-state index >= 15 is 0 Å². The van der Waals surface area contributed by atoms with Gasteiger partial charge in [-0.2, -0.15) is 5.26 Å². The lowest BCUT2D eigenvalue weighted by molar-refractivity contribution is -0.112. The molecule has 0 aliphatic heterocycles. The predicted molar refractivity (Wildman–Crippen MR) is 148 cm³/mol. The van der Waals surface area contributed by atoms with Crippen LogP contribution in [-0.2, 0) is 4.79 Å². The number of ether oxygens (including phenoxy) is 2. The average Bonchev–Trinajstić information content (AvgIpc) is 2.96. The first-order valence-corrected chi connectivity index (χ1v) is 11.9. The fraction of sp³-hybridized carbons (Fsp3) is 0.0312. The maximum atomic E-state index is 13.0. The molecule has 6 nitrogen and oxygen atoms in total. The summed E-state index contributed by atoms with van der Waals surface area (Å²) in [5.41, 5.74) is 1.51. The Kier molecular flexibility index (Phi) is 6.83. The van der Waals surface area contributed by atoms with Crippen molar-refractivity contribution in [3.63, 3.8) is 0 Å². The van der Waals surface area contributed by atoms with Crippen LogP contribution >= 0.6 is 0 Å². The number of hydrogen-bond acceptors (Lipinski definition) is 5. The topological polar surface area (TPSA) is 88.4 Å². The fourth-order valence-corrected chi connectivity index (χ4v) is 4.26. The molecule has 0 heterocycles. The van der Waals surface area contributed by atoms with Gasteiger partial charge in [0.25, 0.3) is 5.91 Å². The van der Waals surface area contributed by atoms with Crippen LogP contribution in [0.1, 0.15) is 15.9 Å². The third kappa shape index (κ3) is 4.95. The van der Waals surface area contributed by atoms with Crippen LogP contribution in [0.3, 0.4) is 0 Å². The number of fused-ring (bicyclic) bond motifs is 2. The minimum Gasteiger partial charge on any atom is -0.493 e. The summed E-state index contributed by atoms with van der Waals surface area (Å²) in [4.78, 5) is 25.9. The Hall–Kier alpha value is -5.41. The number of nitrogens with one attached hydrogen (secondary N) is 1. The number of benzene rings is 5. The smallest absolute Gasteiger partial charge is 0.344 e. The predicted octanol–water partition coefficient (Wildman–Crippen LogP) is 6.77. The highest BCUT2D eigenvalue weighted by Gasteiger charge is 2.16. The van der Waals surface area contributed by atoms with Gasteiger partial charge >= 0.3 is 5.97 Å². The summed E-state index contributed by atoms with van der Waals surface area (Å²) in [7, 11) is 1.45. The Morgan fingerprint density at radius 1 is 0.789 bits per heavy atom. The molecule has 6 heteroatoms. The van der Waals surface area contributed by atoms with Gasteiger partial charge in [-0.05, 0) is 52.1 Å². The molecule has 1 amide bonds. The van der Waals surface area contributed by atoms with E-state index in [1.54, 1.807) is 36.4 Å². The molecule has 0 aromatic heterocycles. The first-order valence-electron chi connectivity index (χ1n) is 11.9. The molecular formula is C32H22N2O4. The Morgan fingerprint density at radius 3 is 2.18 bits per heavy atom. The van der Waals surface area contributed by atoms with Crippen LogP contribution in [0.2, 0.25) is 0 Å². The van der Waals surface area contributed by atoms with Crippen molar-refractivity contribution < 1.29 is 19.1 Å². The van der Waals surface area contributed by atoms with Gasteiger partial charge in [0.1, 0.15) is 11.6 Å². The van der Waals surface area contributed by atoms with Crippen molar-refractivity contribution in [2.75, 3.05) is 12.4 Å². The molecule has 0 aliphatic carbocycles. The number of methoxy groups -OCH3 is 1. The number of amides is 1. The van der Waals surface area contributed by atoms with E-state index in [0.717, 1.165) is 21.5 Å². The Labute approximate surface area is 219 Å². The standard InChI is InChI=1S/C32H22N2O4/c1-37-30-19-21(16-17-29(30)38-32(36)27-14-6-10-22-8-2-4-12-25(22)27)18-24(20-33)31(35)34-28-15-7-11-23-9-3-5-13-26(23)28/h2-19H,1H3,(H,34,35)/b24-18+. The van der Waals surface area contributed by atoms with Gasteiger partial charge in [0.15, 0.2) is 11.5 Å². The molecule has 0 saturated carbocycles. The summed E-state index contributed by atoms with van der Waals surface area (Å²) >= 11 is 0. The van der Waals surface area contributed by atoms with E-state index in [2.05, 4.69) is 5.32 Å². The minimum absolute atomic E-state index is 0.0829. The zero-order valence-corrected chi connectivity index (χ0v) is 20.5. The van der Waals surface area contributed by atoms with Crippen molar-refractivity contribution in [1.82, 2.24) is 0 Å². The molecule has 0 saturated heterocycles. The van der Waals surface area contributed by atoms with Gasteiger partial charge in [-0.1, -0.05) is 78.9 Å². The Bertz CT molecular complexity index is 1750. The lowest BCUT2D eigenvalue weighted by Gasteiger charge is -2.11. The summed E-state index contributed by atoms with van der Waals surface area (Å²) in [5, 5.41) is 16.1. The second kappa shape index (κ2) is 10.7. The largest absolute Gasteiger partial charge is 0.493 e. The number of carbonyl (C=O) groups excluding carboxylic acids is 2. The quantitative estimate of drug-likeness (QED) is 0.121. The molecule has 38 heavy (non-hydrogen) atoms. The highest BCUT2D eigenvalue weighted by atomic mass is 16.6. The maximum Gasteiger partial charge on any atom is 0.344 e. The minimum atomic E-state index is -0.533. The van der Waals surface area contributed by atoms with Crippen molar-refractivity contribution in [1.29, 1.82) is 5.26 Å². The van der Waals surface area contributed by atoms with Crippen LogP contribution in [0, 0.1) is 11.3 Å². The van der Waals surface area contributed by atoms with Gasteiger partial charge in [0, 0.05) is 11.1 Å². The SMILES string of the molecule is COc1cc(/C=C(\C#N)C(=O)Nc2cccc3ccccc23)ccc1OC(=O)c1cccc2ccccc12. The van der Waals surface area contributed by atoms with Crippen molar-refractivity contribution in [2.24, 2.45) is 0 Å². The summed E-state index contributed by atoms with van der Waals surface area (Å²) in [6, 6.07) is 33.1. The Balaban J connectivity index is 1.38. The molecule has 1 N–H and O–H groups in total. The molecule has 5 aromatic carbocycles. The van der Waals surface area contributed by atoms with E-state index in [9.17, 15) is 14.9 Å². The first kappa shape index (κ1) is 24.3. The van der Waals surface area contributed by atoms with Gasteiger partial charge in [-0.3, -0.25) is 4.79 Å². The number of hydrogen-bond donors (Lipinski definition) is 1. The van der Waals surface area contributed by atoms with Crippen molar-refractivity contribution in [3.05, 3.63) is 120 Å². The number of carbonyl (C=O) groups is 2. The van der Waals surface area contributed by atoms with Crippen molar-refractivity contribution in [2.45, 2.75) is 0 Å². The molecule has 5 rings (SSSR count). The van der Waals surface area contributed by atoms with E-state index < -0.39 is 11.9 Å². The lowest BCUT2D eigenvalue weighted by Crippen LogP contribution is -2.13. The van der Waals surface area contributed by atoms with Gasteiger partial charge < -0.3 is 14.8 Å². The number of anilines is 1. The first-order chi connectivity index (χ1) is 18.6. The molecule has 184 valence electrons. The van der Waals surface area contributed by atoms with Gasteiger partial charge in [0.2, 0.25) is 0 Å². The van der Waals surface area contributed by atoms with E-state index in [0.29, 0.717) is 22.6 Å². The van der Waals surface area contributed by atoms with Gasteiger partial charge in [-0.15, -0.1) is 0 Å². The second-order valence-corrected chi connectivity index (χ2v) is 8.48. The highest BCUT2D eigenvalue weighted by molar-refractivity contribution is 6.13. The monoisotopic (exact) mass is 498 g/mol. The zero-order valence-electron chi connectivity index (χ0n) is 20.5. The molecule has 0 spiro atoms. The fourth-order valence-electron chi connectivity index (χ4n) is 4.26. The normalized spacial score (nSPS) is 11.1. The molecule has 0 bridgehead atoms. The Morgan fingerprint density at radius 2 is 1.45 bits per heavy atom. The second-order valence-electron chi connectivity index (χ2n) is 8.48. The van der Waals surface area contributed by atoms with Crippen LogP contribution in [0.5, 0.6) is 11.5 Å². The van der Waals surface area contributed by atoms with Gasteiger partial charge in [0.05, 0.1) is 12.7 Å². The third-order valence-corrected chi connectivity index (χ3v) is 6.11. The van der Waals surface area contributed by atoms with E-state index in [1.165, 1.54) is 13.2 Å². The lowest BCUT2D eigenvalue weighted by atomic mass is 10.0. The molecule has 0 radical (unpaired) electrons. The van der Waals surface area contributed by atoms with E-state index in [4.69, 9.17) is 9.47 Å². The molecule has 0 fully saturated rings. The zero-order chi connectivity index (χ0) is 26.5. The number of nitrogens with zero attached hydrogens (tertiary/aromatic N) is 1. The molecule has 0 aliphatic rings. The summed E-state index contributed by atoms with van der Waals surface area (Å²) in [6.45, 7) is 0. The summed E-state index contributed by atoms with van der Waals surface area (Å²) in [5.74, 6) is -0.537. The molecule has 0 atom stereocenters. The van der Waals surface area contributed by atoms with Crippen molar-refractivity contribution >= 4 is 45.2 Å². The van der Waals surface area contributed by atoms with Crippen LogP contribution < -0.4 is 14.8 Å². The van der Waals surface area contributed by atoms with E-state index in [-0.39, 0.29) is 11.3 Å². The van der Waals surface area contributed by atoms with Crippen LogP contribution in [-0.4, -0.2) is 19.0 Å². The third-order valence-electron chi connectivity index (χ3n) is 6.11. The number of nitriles is 1. The number of esters is 1. The van der Waals surface area contributed by atoms with Crippen molar-refractivity contribution in [3.8, 4) is 17.6 Å². The molecular weight excluding hydrogens is 476 g/mol. The highest BCUT2D eigenvalue weighted by Crippen LogP contribution is 2.31. The van der Waals surface area contributed by atoms with Crippen LogP contribution in [0.25, 0.3) is 27.6 Å². The molecule has 0 unspecified atom stereocenters. The number of rotatable bonds is 6.